The number of nitrogens with zero attached hydrogens (tertiary/aromatic N) is 2. The molecule has 0 bridgehead atoms. The van der Waals surface area contributed by atoms with Crippen LogP contribution in [0.3, 0.4) is 0 Å². The Labute approximate surface area is 187 Å². The van der Waals surface area contributed by atoms with Crippen LogP contribution >= 0.6 is 11.3 Å². The zero-order chi connectivity index (χ0) is 22.2. The van der Waals surface area contributed by atoms with Gasteiger partial charge in [0.1, 0.15) is 5.82 Å². The van der Waals surface area contributed by atoms with Crippen molar-refractivity contribution in [3.8, 4) is 10.7 Å². The number of nitrogens with one attached hydrogen (secondary N) is 1. The lowest BCUT2D eigenvalue weighted by Crippen LogP contribution is -2.07. The van der Waals surface area contributed by atoms with Gasteiger partial charge in [0.2, 0.25) is 0 Å². The minimum Gasteiger partial charge on any atom is -0.478 e. The highest BCUT2D eigenvalue weighted by Crippen LogP contribution is 2.31. The van der Waals surface area contributed by atoms with Crippen molar-refractivity contribution in [2.75, 3.05) is 5.32 Å². The number of hydrogen-bond acceptors (Lipinski definition) is 5. The predicted octanol–water partition coefficient (Wildman–Crippen LogP) is 6.67. The van der Waals surface area contributed by atoms with Gasteiger partial charge in [-0.15, -0.1) is 17.9 Å². The fourth-order valence-corrected chi connectivity index (χ4v) is 4.39. The molecule has 2 heterocycles. The fraction of sp³-hybridized carbons (Fsp3) is 0.320. The van der Waals surface area contributed by atoms with E-state index >= 15 is 0 Å². The summed E-state index contributed by atoms with van der Waals surface area (Å²) in [4.78, 5) is 23.3. The third-order valence-corrected chi connectivity index (χ3v) is 6.22. The highest BCUT2D eigenvalue weighted by Gasteiger charge is 2.16. The molecule has 2 aromatic heterocycles. The molecule has 0 amide bonds. The first-order valence-corrected chi connectivity index (χ1v) is 11.6. The molecule has 0 radical (unpaired) electrons. The number of carboxylic acids is 1. The number of rotatable bonds is 11. The molecule has 31 heavy (non-hydrogen) atoms. The molecule has 0 unspecified atom stereocenters. The number of aryl methyl sites for hydroxylation is 2. The molecule has 0 saturated carbocycles. The maximum atomic E-state index is 11.1. The lowest BCUT2D eigenvalue weighted by atomic mass is 10.1. The van der Waals surface area contributed by atoms with Gasteiger partial charge < -0.3 is 10.4 Å². The van der Waals surface area contributed by atoms with Crippen molar-refractivity contribution in [3.63, 3.8) is 0 Å². The molecule has 1 aromatic carbocycles. The molecule has 0 spiro atoms. The largest absolute Gasteiger partial charge is 0.478 e. The van der Waals surface area contributed by atoms with Gasteiger partial charge in [0.05, 0.1) is 10.4 Å². The highest BCUT2D eigenvalue weighted by atomic mass is 32.1. The number of benzene rings is 1. The van der Waals surface area contributed by atoms with Crippen LogP contribution in [-0.2, 0) is 19.3 Å². The molecular formula is C25H29N3O2S. The van der Waals surface area contributed by atoms with Crippen LogP contribution in [0, 0.1) is 0 Å². The molecule has 3 aromatic rings. The number of carbonyl (C=O) groups is 1. The molecule has 0 aliphatic carbocycles. The van der Waals surface area contributed by atoms with Crippen molar-refractivity contribution in [2.45, 2.75) is 52.4 Å². The lowest BCUT2D eigenvalue weighted by Gasteiger charge is -2.15. The van der Waals surface area contributed by atoms with Crippen molar-refractivity contribution in [2.24, 2.45) is 0 Å². The topological polar surface area (TPSA) is 75.1 Å². The van der Waals surface area contributed by atoms with E-state index in [4.69, 9.17) is 15.1 Å². The van der Waals surface area contributed by atoms with Crippen LogP contribution in [0.1, 0.15) is 59.6 Å². The average Bonchev–Trinajstić information content (AvgIpc) is 3.24. The predicted molar refractivity (Wildman–Crippen MR) is 129 cm³/mol. The standard InChI is InChI=1S/C25H29N3O2S/c1-4-7-8-10-19-15-16-22(31-19)24-27-21(6-3)20(9-5-2)23(28-24)26-18-13-11-17(12-14-18)25(29)30/h5,11-16H,2,4,6-10H2,1,3H3,(H,29,30)(H,26,27,28). The Kier molecular flexibility index (Phi) is 7.95. The molecule has 5 nitrogen and oxygen atoms in total. The molecule has 0 fully saturated rings. The number of aromatic carboxylic acids is 1. The van der Waals surface area contributed by atoms with Crippen molar-refractivity contribution in [3.05, 3.63) is 70.8 Å². The minimum absolute atomic E-state index is 0.253. The Hall–Kier alpha value is -2.99. The second-order valence-electron chi connectivity index (χ2n) is 7.40. The van der Waals surface area contributed by atoms with E-state index in [9.17, 15) is 4.79 Å². The Bertz CT molecular complexity index is 1040. The summed E-state index contributed by atoms with van der Waals surface area (Å²) in [6, 6.07) is 11.0. The smallest absolute Gasteiger partial charge is 0.335 e. The summed E-state index contributed by atoms with van der Waals surface area (Å²) >= 11 is 1.76. The summed E-state index contributed by atoms with van der Waals surface area (Å²) in [6.07, 6.45) is 8.06. The Morgan fingerprint density at radius 2 is 1.90 bits per heavy atom. The molecule has 3 rings (SSSR count). The van der Waals surface area contributed by atoms with Gasteiger partial charge in [0.25, 0.3) is 0 Å². The average molecular weight is 436 g/mol. The Morgan fingerprint density at radius 3 is 2.55 bits per heavy atom. The number of anilines is 2. The van der Waals surface area contributed by atoms with Crippen molar-refractivity contribution >= 4 is 28.8 Å². The molecule has 6 heteroatoms. The van der Waals surface area contributed by atoms with Gasteiger partial charge in [-0.2, -0.15) is 0 Å². The van der Waals surface area contributed by atoms with Crippen molar-refractivity contribution < 1.29 is 9.90 Å². The van der Waals surface area contributed by atoms with Crippen LogP contribution in [0.5, 0.6) is 0 Å². The third-order valence-electron chi connectivity index (χ3n) is 5.08. The first-order valence-electron chi connectivity index (χ1n) is 10.8. The second-order valence-corrected chi connectivity index (χ2v) is 8.57. The van der Waals surface area contributed by atoms with Gasteiger partial charge in [0, 0.05) is 21.8 Å². The number of allylic oxidation sites excluding steroid dienone is 1. The zero-order valence-electron chi connectivity index (χ0n) is 18.1. The quantitative estimate of drug-likeness (QED) is 0.260. The van der Waals surface area contributed by atoms with E-state index in [1.54, 1.807) is 35.6 Å². The fourth-order valence-electron chi connectivity index (χ4n) is 3.41. The lowest BCUT2D eigenvalue weighted by molar-refractivity contribution is 0.0697. The zero-order valence-corrected chi connectivity index (χ0v) is 19.0. The summed E-state index contributed by atoms with van der Waals surface area (Å²) < 4.78 is 0. The first-order chi connectivity index (χ1) is 15.0. The van der Waals surface area contributed by atoms with Gasteiger partial charge in [0.15, 0.2) is 5.82 Å². The Morgan fingerprint density at radius 1 is 1.13 bits per heavy atom. The van der Waals surface area contributed by atoms with E-state index in [-0.39, 0.29) is 5.56 Å². The van der Waals surface area contributed by atoms with Gasteiger partial charge in [-0.1, -0.05) is 32.8 Å². The molecule has 0 saturated heterocycles. The van der Waals surface area contributed by atoms with Gasteiger partial charge >= 0.3 is 5.97 Å². The number of carboxylic acid groups (broad SMARTS) is 1. The summed E-state index contributed by atoms with van der Waals surface area (Å²) in [5.41, 5.74) is 3.05. The van der Waals surface area contributed by atoms with Crippen molar-refractivity contribution in [1.82, 2.24) is 9.97 Å². The van der Waals surface area contributed by atoms with E-state index in [0.717, 1.165) is 46.3 Å². The minimum atomic E-state index is -0.941. The van der Waals surface area contributed by atoms with E-state index in [0.29, 0.717) is 6.42 Å². The van der Waals surface area contributed by atoms with Crippen LogP contribution in [0.4, 0.5) is 11.5 Å². The SMILES string of the molecule is C=CCc1c(CC)nc(-c2ccc(CCCCC)s2)nc1Nc1ccc(C(=O)O)cc1. The third kappa shape index (κ3) is 5.79. The maximum Gasteiger partial charge on any atom is 0.335 e. The van der Waals surface area contributed by atoms with E-state index in [2.05, 4.69) is 37.9 Å². The summed E-state index contributed by atoms with van der Waals surface area (Å²) in [5.74, 6) is 0.524. The van der Waals surface area contributed by atoms with Gasteiger partial charge in [-0.3, -0.25) is 0 Å². The van der Waals surface area contributed by atoms with Crippen LogP contribution in [0.25, 0.3) is 10.7 Å². The molecule has 162 valence electrons. The Balaban J connectivity index is 1.95. The highest BCUT2D eigenvalue weighted by molar-refractivity contribution is 7.15. The normalized spacial score (nSPS) is 10.8. The van der Waals surface area contributed by atoms with Crippen LogP contribution in [-0.4, -0.2) is 21.0 Å². The van der Waals surface area contributed by atoms with Gasteiger partial charge in [-0.05, 0) is 62.1 Å². The second kappa shape index (κ2) is 10.9. The number of aromatic nitrogens is 2. The molecule has 0 aliphatic heterocycles. The first kappa shape index (κ1) is 22.7. The van der Waals surface area contributed by atoms with Crippen LogP contribution < -0.4 is 5.32 Å². The molecular weight excluding hydrogens is 406 g/mol. The summed E-state index contributed by atoms with van der Waals surface area (Å²) in [6.45, 7) is 8.19. The number of thiophene rings is 1. The summed E-state index contributed by atoms with van der Waals surface area (Å²) in [7, 11) is 0. The number of hydrogen-bond donors (Lipinski definition) is 2. The van der Waals surface area contributed by atoms with Crippen LogP contribution in [0.2, 0.25) is 0 Å². The van der Waals surface area contributed by atoms with E-state index < -0.39 is 5.97 Å². The molecule has 0 atom stereocenters. The maximum absolute atomic E-state index is 11.1. The van der Waals surface area contributed by atoms with Crippen molar-refractivity contribution in [1.29, 1.82) is 0 Å². The molecule has 2 N–H and O–H groups in total. The van der Waals surface area contributed by atoms with Gasteiger partial charge in [-0.25, -0.2) is 14.8 Å². The van der Waals surface area contributed by atoms with E-state index in [1.165, 1.54) is 24.1 Å². The molecule has 0 aliphatic rings. The number of unbranched alkanes of at least 4 members (excludes halogenated alkanes) is 2. The van der Waals surface area contributed by atoms with Crippen LogP contribution in [0.15, 0.2) is 49.1 Å². The van der Waals surface area contributed by atoms with E-state index in [1.807, 2.05) is 6.08 Å². The summed E-state index contributed by atoms with van der Waals surface area (Å²) in [5, 5.41) is 12.5. The monoisotopic (exact) mass is 435 g/mol.